The molecular formula is C9H13Hf-. The van der Waals surface area contributed by atoms with Crippen LogP contribution in [-0.4, -0.2) is 0 Å². The Balaban J connectivity index is 0.000000810. The van der Waals surface area contributed by atoms with E-state index in [1.165, 1.54) is 16.7 Å². The molecule has 0 saturated heterocycles. The van der Waals surface area contributed by atoms with Gasteiger partial charge in [0, 0.05) is 25.8 Å². The Morgan fingerprint density at radius 3 is 1.80 bits per heavy atom. The minimum Gasteiger partial charge on any atom is -0.266 e. The van der Waals surface area contributed by atoms with Gasteiger partial charge in [-0.25, -0.2) is 5.57 Å². The molecule has 1 aliphatic carbocycles. The quantitative estimate of drug-likeness (QED) is 0.477. The fraction of sp³-hybridized carbons (Fsp3) is 0.556. The third-order valence-electron chi connectivity index (χ3n) is 2.24. The van der Waals surface area contributed by atoms with Crippen LogP contribution < -0.4 is 0 Å². The summed E-state index contributed by atoms with van der Waals surface area (Å²) >= 11 is 0. The predicted molar refractivity (Wildman–Crippen MR) is 40.0 cm³/mol. The summed E-state index contributed by atoms with van der Waals surface area (Å²) in [5.74, 6) is 0.560. The molecule has 0 spiro atoms. The largest absolute Gasteiger partial charge is 0.266 e. The van der Waals surface area contributed by atoms with E-state index in [0.29, 0.717) is 5.92 Å². The zero-order chi connectivity index (χ0) is 7.02. The van der Waals surface area contributed by atoms with E-state index < -0.39 is 0 Å². The van der Waals surface area contributed by atoms with Gasteiger partial charge in [-0.3, -0.25) is 6.08 Å². The van der Waals surface area contributed by atoms with Crippen LogP contribution in [0.15, 0.2) is 16.7 Å². The Hall–Kier alpha value is 0.350. The van der Waals surface area contributed by atoms with E-state index in [0.717, 1.165) is 0 Å². The van der Waals surface area contributed by atoms with Crippen molar-refractivity contribution < 1.29 is 25.8 Å². The van der Waals surface area contributed by atoms with Gasteiger partial charge in [0.1, 0.15) is 0 Å². The van der Waals surface area contributed by atoms with Gasteiger partial charge in [0.2, 0.25) is 0 Å². The SMILES string of the molecule is CC1=[C-]C(C)C(C)=C1C.[Hf]. The Labute approximate surface area is 82.2 Å². The van der Waals surface area contributed by atoms with Crippen molar-refractivity contribution in [3.8, 4) is 0 Å². The van der Waals surface area contributed by atoms with Gasteiger partial charge < -0.3 is 0 Å². The van der Waals surface area contributed by atoms with E-state index in [2.05, 4.69) is 33.8 Å². The van der Waals surface area contributed by atoms with Gasteiger partial charge in [-0.05, 0) is 0 Å². The molecule has 1 heteroatoms. The maximum Gasteiger partial charge on any atom is 0 e. The summed E-state index contributed by atoms with van der Waals surface area (Å²) < 4.78 is 0. The first kappa shape index (κ1) is 10.4. The Kier molecular flexibility index (Phi) is 3.79. The van der Waals surface area contributed by atoms with Gasteiger partial charge in [-0.1, -0.05) is 26.7 Å². The van der Waals surface area contributed by atoms with Crippen molar-refractivity contribution in [1.29, 1.82) is 0 Å². The zero-order valence-corrected chi connectivity index (χ0v) is 10.7. The van der Waals surface area contributed by atoms with E-state index in [-0.39, 0.29) is 25.8 Å². The first-order chi connectivity index (χ1) is 4.13. The van der Waals surface area contributed by atoms with E-state index in [9.17, 15) is 0 Å². The van der Waals surface area contributed by atoms with Gasteiger partial charge in [-0.2, -0.15) is 11.1 Å². The summed E-state index contributed by atoms with van der Waals surface area (Å²) in [5.41, 5.74) is 4.25. The maximum atomic E-state index is 3.36. The molecule has 1 atom stereocenters. The molecule has 0 fully saturated rings. The topological polar surface area (TPSA) is 0 Å². The molecular weight excluding hydrogens is 287 g/mol. The molecule has 0 radical (unpaired) electrons. The maximum absolute atomic E-state index is 3.36. The summed E-state index contributed by atoms with van der Waals surface area (Å²) in [7, 11) is 0. The molecule has 1 aliphatic rings. The van der Waals surface area contributed by atoms with Crippen LogP contribution in [0.2, 0.25) is 0 Å². The van der Waals surface area contributed by atoms with Crippen molar-refractivity contribution in [2.45, 2.75) is 27.7 Å². The number of hydrogen-bond donors (Lipinski definition) is 0. The van der Waals surface area contributed by atoms with Crippen LogP contribution >= 0.6 is 0 Å². The standard InChI is InChI=1S/C9H13.Hf/c1-6-5-7(2)9(4)8(6)3;/h6H,1-4H3;/q-1;. The van der Waals surface area contributed by atoms with Crippen molar-refractivity contribution in [3.63, 3.8) is 0 Å². The van der Waals surface area contributed by atoms with Gasteiger partial charge in [0.05, 0.1) is 0 Å². The predicted octanol–water partition coefficient (Wildman–Crippen LogP) is 2.72. The normalized spacial score (nSPS) is 24.4. The molecule has 0 N–H and O–H groups in total. The summed E-state index contributed by atoms with van der Waals surface area (Å²) in [6.07, 6.45) is 3.36. The second kappa shape index (κ2) is 3.66. The molecule has 0 aromatic carbocycles. The molecule has 0 amide bonds. The first-order valence-electron chi connectivity index (χ1n) is 3.40. The molecule has 54 valence electrons. The van der Waals surface area contributed by atoms with Crippen molar-refractivity contribution in [1.82, 2.24) is 0 Å². The fourth-order valence-corrected chi connectivity index (χ4v) is 1.16. The molecule has 1 unspecified atom stereocenters. The third-order valence-corrected chi connectivity index (χ3v) is 2.24. The third kappa shape index (κ3) is 1.69. The first-order valence-corrected chi connectivity index (χ1v) is 3.40. The van der Waals surface area contributed by atoms with Crippen LogP contribution in [0, 0.1) is 12.0 Å². The fourth-order valence-electron chi connectivity index (χ4n) is 1.16. The van der Waals surface area contributed by atoms with Crippen molar-refractivity contribution in [2.75, 3.05) is 0 Å². The molecule has 0 aromatic heterocycles. The molecule has 0 saturated carbocycles. The zero-order valence-electron chi connectivity index (χ0n) is 7.08. The average Bonchev–Trinajstić information content (AvgIpc) is 1.98. The molecule has 0 heterocycles. The summed E-state index contributed by atoms with van der Waals surface area (Å²) in [6.45, 7) is 8.67. The summed E-state index contributed by atoms with van der Waals surface area (Å²) in [4.78, 5) is 0. The van der Waals surface area contributed by atoms with E-state index in [4.69, 9.17) is 0 Å². The summed E-state index contributed by atoms with van der Waals surface area (Å²) in [6, 6.07) is 0. The van der Waals surface area contributed by atoms with Crippen molar-refractivity contribution in [3.05, 3.63) is 22.8 Å². The number of rotatable bonds is 0. The Morgan fingerprint density at radius 2 is 1.70 bits per heavy atom. The van der Waals surface area contributed by atoms with E-state index in [1.54, 1.807) is 0 Å². The number of hydrogen-bond acceptors (Lipinski definition) is 0. The molecule has 10 heavy (non-hydrogen) atoms. The van der Waals surface area contributed by atoms with Crippen LogP contribution in [0.5, 0.6) is 0 Å². The average molecular weight is 300 g/mol. The minimum atomic E-state index is 0. The molecule has 0 aromatic rings. The molecule has 0 nitrogen and oxygen atoms in total. The van der Waals surface area contributed by atoms with Crippen LogP contribution in [0.1, 0.15) is 27.7 Å². The van der Waals surface area contributed by atoms with Crippen molar-refractivity contribution in [2.24, 2.45) is 5.92 Å². The molecule has 1 rings (SSSR count). The van der Waals surface area contributed by atoms with Gasteiger partial charge in [0.25, 0.3) is 0 Å². The van der Waals surface area contributed by atoms with Crippen LogP contribution in [-0.2, 0) is 25.8 Å². The van der Waals surface area contributed by atoms with Crippen LogP contribution in [0.25, 0.3) is 0 Å². The second-order valence-electron chi connectivity index (χ2n) is 2.80. The molecule has 0 aliphatic heterocycles. The van der Waals surface area contributed by atoms with Crippen LogP contribution in [0.4, 0.5) is 0 Å². The number of allylic oxidation sites excluding steroid dienone is 4. The van der Waals surface area contributed by atoms with Crippen LogP contribution in [0.3, 0.4) is 0 Å². The molecule has 0 bridgehead atoms. The van der Waals surface area contributed by atoms with Gasteiger partial charge >= 0.3 is 0 Å². The van der Waals surface area contributed by atoms with Crippen molar-refractivity contribution >= 4 is 0 Å². The minimum absolute atomic E-state index is 0. The van der Waals surface area contributed by atoms with Gasteiger partial charge in [-0.15, -0.1) is 6.92 Å². The van der Waals surface area contributed by atoms with Gasteiger partial charge in [0.15, 0.2) is 0 Å². The smallest absolute Gasteiger partial charge is 0 e. The van der Waals surface area contributed by atoms with E-state index in [1.807, 2.05) is 0 Å². The Morgan fingerprint density at radius 1 is 1.20 bits per heavy atom. The second-order valence-corrected chi connectivity index (χ2v) is 2.80. The monoisotopic (exact) mass is 301 g/mol. The van der Waals surface area contributed by atoms with E-state index >= 15 is 0 Å². The Bertz CT molecular complexity index is 187. The summed E-state index contributed by atoms with van der Waals surface area (Å²) in [5, 5.41) is 0.